The van der Waals surface area contributed by atoms with E-state index in [0.29, 0.717) is 22.9 Å². The van der Waals surface area contributed by atoms with Gasteiger partial charge in [-0.15, -0.1) is 10.2 Å². The van der Waals surface area contributed by atoms with Crippen LogP contribution in [-0.2, 0) is 19.0 Å². The number of thioether (sulfide) groups is 1. The van der Waals surface area contributed by atoms with Gasteiger partial charge in [-0.3, -0.25) is 0 Å². The highest BCUT2D eigenvalue weighted by Crippen LogP contribution is 2.29. The van der Waals surface area contributed by atoms with E-state index in [1.165, 1.54) is 18.0 Å². The number of aromatic nitrogens is 5. The van der Waals surface area contributed by atoms with Gasteiger partial charge >= 0.3 is 6.18 Å². The highest BCUT2D eigenvalue weighted by atomic mass is 32.2. The Morgan fingerprint density at radius 3 is 2.80 bits per heavy atom. The van der Waals surface area contributed by atoms with E-state index in [-0.39, 0.29) is 0 Å². The monoisotopic (exact) mass is 372 g/mol. The van der Waals surface area contributed by atoms with Gasteiger partial charge in [-0.2, -0.15) is 13.2 Å². The molecule has 0 saturated carbocycles. The lowest BCUT2D eigenvalue weighted by molar-refractivity contribution is -0.145. The molecule has 3 rings (SSSR count). The molecule has 2 aromatic rings. The highest BCUT2D eigenvalue weighted by Gasteiger charge is 2.34. The molecule has 2 aromatic heterocycles. The normalized spacial score (nSPS) is 18.5. The maximum Gasteiger partial charge on any atom is 0.451 e. The molecule has 0 amide bonds. The Morgan fingerprint density at radius 1 is 1.36 bits per heavy atom. The Morgan fingerprint density at radius 2 is 2.16 bits per heavy atom. The second kappa shape index (κ2) is 7.28. The van der Waals surface area contributed by atoms with E-state index in [2.05, 4.69) is 25.5 Å². The third kappa shape index (κ3) is 4.12. The van der Waals surface area contributed by atoms with Crippen molar-refractivity contribution in [2.24, 2.45) is 7.05 Å². The molecular weight excluding hydrogens is 353 g/mol. The molecule has 0 unspecified atom stereocenters. The Balaban J connectivity index is 1.69. The topological polar surface area (TPSA) is 68.5 Å². The first-order chi connectivity index (χ1) is 11.9. The zero-order valence-electron chi connectivity index (χ0n) is 14.0. The SMILES string of the molecule is Cc1nc(C(F)(F)F)ncc1CSc1nnc([C@@H]2CCCNC2)n1C. The van der Waals surface area contributed by atoms with E-state index in [4.69, 9.17) is 0 Å². The largest absolute Gasteiger partial charge is 0.451 e. The zero-order chi connectivity index (χ0) is 18.0. The number of nitrogens with zero attached hydrogens (tertiary/aromatic N) is 5. The molecule has 0 aliphatic carbocycles. The summed E-state index contributed by atoms with van der Waals surface area (Å²) in [4.78, 5) is 6.98. The van der Waals surface area contributed by atoms with Crippen molar-refractivity contribution in [2.45, 2.75) is 42.8 Å². The van der Waals surface area contributed by atoms with Gasteiger partial charge in [0.15, 0.2) is 5.16 Å². The maximum atomic E-state index is 12.6. The quantitative estimate of drug-likeness (QED) is 0.833. The standard InChI is InChI=1S/C15H19F3N6S/c1-9-11(7-20-13(21-9)15(16,17)18)8-25-14-23-22-12(24(14)2)10-4-3-5-19-6-10/h7,10,19H,3-6,8H2,1-2H3/t10-/m1/s1. The van der Waals surface area contributed by atoms with Crippen LogP contribution in [0.25, 0.3) is 0 Å². The van der Waals surface area contributed by atoms with Crippen LogP contribution in [0.5, 0.6) is 0 Å². The molecule has 1 saturated heterocycles. The smallest absolute Gasteiger partial charge is 0.316 e. The van der Waals surface area contributed by atoms with Crippen LogP contribution in [0, 0.1) is 6.92 Å². The molecule has 1 N–H and O–H groups in total. The lowest BCUT2D eigenvalue weighted by Crippen LogP contribution is -2.29. The van der Waals surface area contributed by atoms with Crippen molar-refractivity contribution in [3.63, 3.8) is 0 Å². The molecular formula is C15H19F3N6S. The summed E-state index contributed by atoms with van der Waals surface area (Å²) in [6.07, 6.45) is -1.10. The van der Waals surface area contributed by atoms with Crippen LogP contribution in [0.4, 0.5) is 13.2 Å². The van der Waals surface area contributed by atoms with Crippen molar-refractivity contribution in [1.29, 1.82) is 0 Å². The molecule has 3 heterocycles. The lowest BCUT2D eigenvalue weighted by Gasteiger charge is -2.21. The minimum absolute atomic E-state index is 0.327. The van der Waals surface area contributed by atoms with Gasteiger partial charge in [-0.25, -0.2) is 9.97 Å². The van der Waals surface area contributed by atoms with Gasteiger partial charge in [0.2, 0.25) is 5.82 Å². The molecule has 25 heavy (non-hydrogen) atoms. The summed E-state index contributed by atoms with van der Waals surface area (Å²) in [5, 5.41) is 12.6. The fraction of sp³-hybridized carbons (Fsp3) is 0.600. The fourth-order valence-electron chi connectivity index (χ4n) is 2.79. The van der Waals surface area contributed by atoms with Crippen molar-refractivity contribution < 1.29 is 13.2 Å². The first kappa shape index (κ1) is 18.1. The van der Waals surface area contributed by atoms with Crippen LogP contribution >= 0.6 is 11.8 Å². The summed E-state index contributed by atoms with van der Waals surface area (Å²) in [6.45, 7) is 3.48. The Kier molecular flexibility index (Phi) is 5.28. The summed E-state index contributed by atoms with van der Waals surface area (Å²) in [5.41, 5.74) is 0.982. The van der Waals surface area contributed by atoms with Gasteiger partial charge in [-0.05, 0) is 26.3 Å². The highest BCUT2D eigenvalue weighted by molar-refractivity contribution is 7.98. The number of halogens is 3. The fourth-order valence-corrected chi connectivity index (χ4v) is 3.75. The van der Waals surface area contributed by atoms with Gasteiger partial charge in [0, 0.05) is 42.7 Å². The summed E-state index contributed by atoms with van der Waals surface area (Å²) < 4.78 is 39.8. The van der Waals surface area contributed by atoms with Gasteiger partial charge in [0.25, 0.3) is 0 Å². The van der Waals surface area contributed by atoms with Crippen LogP contribution in [0.15, 0.2) is 11.4 Å². The van der Waals surface area contributed by atoms with Crippen molar-refractivity contribution in [3.8, 4) is 0 Å². The predicted octanol–water partition coefficient (Wildman–Crippen LogP) is 2.69. The third-order valence-electron chi connectivity index (χ3n) is 4.22. The number of rotatable bonds is 4. The second-order valence-electron chi connectivity index (χ2n) is 6.03. The number of hydrogen-bond acceptors (Lipinski definition) is 6. The summed E-state index contributed by atoms with van der Waals surface area (Å²) in [6, 6.07) is 0. The van der Waals surface area contributed by atoms with Crippen molar-refractivity contribution in [2.75, 3.05) is 13.1 Å². The van der Waals surface area contributed by atoms with E-state index in [9.17, 15) is 13.2 Å². The van der Waals surface area contributed by atoms with Crippen molar-refractivity contribution >= 4 is 11.8 Å². The average molecular weight is 372 g/mol. The molecule has 1 aliphatic heterocycles. The molecule has 1 fully saturated rings. The van der Waals surface area contributed by atoms with Crippen LogP contribution in [0.2, 0.25) is 0 Å². The lowest BCUT2D eigenvalue weighted by atomic mass is 9.99. The predicted molar refractivity (Wildman–Crippen MR) is 87.2 cm³/mol. The van der Waals surface area contributed by atoms with Gasteiger partial charge in [0.05, 0.1) is 0 Å². The van der Waals surface area contributed by atoms with E-state index in [1.54, 1.807) is 6.92 Å². The maximum absolute atomic E-state index is 12.6. The molecule has 1 aliphatic rings. The Labute approximate surface area is 147 Å². The molecule has 0 radical (unpaired) electrons. The molecule has 136 valence electrons. The molecule has 0 bridgehead atoms. The van der Waals surface area contributed by atoms with E-state index < -0.39 is 12.0 Å². The van der Waals surface area contributed by atoms with Crippen LogP contribution in [0.1, 0.15) is 41.7 Å². The van der Waals surface area contributed by atoms with Crippen LogP contribution in [0.3, 0.4) is 0 Å². The Hall–Kier alpha value is -1.68. The third-order valence-corrected chi connectivity index (χ3v) is 5.29. The van der Waals surface area contributed by atoms with Gasteiger partial charge in [0.1, 0.15) is 5.82 Å². The minimum Gasteiger partial charge on any atom is -0.316 e. The number of aryl methyl sites for hydroxylation is 1. The van der Waals surface area contributed by atoms with E-state index in [0.717, 1.165) is 36.9 Å². The number of hydrogen-bond donors (Lipinski definition) is 1. The average Bonchev–Trinajstić information content (AvgIpc) is 2.94. The molecule has 6 nitrogen and oxygen atoms in total. The molecule has 0 spiro atoms. The Bertz CT molecular complexity index is 739. The second-order valence-corrected chi connectivity index (χ2v) is 6.98. The number of piperidine rings is 1. The van der Waals surface area contributed by atoms with Crippen molar-refractivity contribution in [1.82, 2.24) is 30.0 Å². The van der Waals surface area contributed by atoms with E-state index >= 15 is 0 Å². The van der Waals surface area contributed by atoms with Crippen LogP contribution in [-0.4, -0.2) is 37.8 Å². The minimum atomic E-state index is -4.52. The summed E-state index contributed by atoms with van der Waals surface area (Å²) in [7, 11) is 1.92. The van der Waals surface area contributed by atoms with Gasteiger partial charge < -0.3 is 9.88 Å². The van der Waals surface area contributed by atoms with E-state index in [1.807, 2.05) is 11.6 Å². The molecule has 10 heteroatoms. The first-order valence-electron chi connectivity index (χ1n) is 7.98. The zero-order valence-corrected chi connectivity index (χ0v) is 14.8. The first-order valence-corrected chi connectivity index (χ1v) is 8.97. The number of nitrogens with one attached hydrogen (secondary N) is 1. The molecule has 1 atom stereocenters. The van der Waals surface area contributed by atoms with Crippen molar-refractivity contribution in [3.05, 3.63) is 29.1 Å². The summed E-state index contributed by atoms with van der Waals surface area (Å²) in [5.74, 6) is 0.620. The summed E-state index contributed by atoms with van der Waals surface area (Å²) >= 11 is 1.42. The number of alkyl halides is 3. The van der Waals surface area contributed by atoms with Gasteiger partial charge in [-0.1, -0.05) is 11.8 Å². The molecule has 0 aromatic carbocycles. The van der Waals surface area contributed by atoms with Crippen LogP contribution < -0.4 is 5.32 Å².